The second-order valence-electron chi connectivity index (χ2n) is 7.24. The third-order valence-electron chi connectivity index (χ3n) is 4.77. The molecule has 4 unspecified atom stereocenters. The summed E-state index contributed by atoms with van der Waals surface area (Å²) in [7, 11) is 0. The fraction of sp³-hybridized carbons (Fsp3) is 0.722. The van der Waals surface area contributed by atoms with Crippen LogP contribution in [0.1, 0.15) is 38.5 Å². The van der Waals surface area contributed by atoms with E-state index in [9.17, 15) is 29.1 Å². The predicted molar refractivity (Wildman–Crippen MR) is 113 cm³/mol. The van der Waals surface area contributed by atoms with Crippen LogP contribution in [0.5, 0.6) is 0 Å². The van der Waals surface area contributed by atoms with Crippen LogP contribution in [-0.4, -0.2) is 82.9 Å². The van der Waals surface area contributed by atoms with E-state index in [2.05, 4.69) is 33.9 Å². The number of aliphatic carboxylic acids is 2. The molecule has 12 nitrogen and oxygen atoms in total. The Morgan fingerprint density at radius 1 is 1.00 bits per heavy atom. The van der Waals surface area contributed by atoms with E-state index >= 15 is 0 Å². The lowest BCUT2D eigenvalue weighted by Crippen LogP contribution is -2.58. The van der Waals surface area contributed by atoms with Gasteiger partial charge in [0.15, 0.2) is 0 Å². The number of thiol groups is 1. The van der Waals surface area contributed by atoms with E-state index in [0.717, 1.165) is 6.42 Å². The highest BCUT2D eigenvalue weighted by Crippen LogP contribution is 2.06. The van der Waals surface area contributed by atoms with Crippen molar-refractivity contribution in [3.8, 4) is 0 Å². The topological polar surface area (TPSA) is 200 Å². The van der Waals surface area contributed by atoms with Crippen molar-refractivity contribution in [3.63, 3.8) is 0 Å². The highest BCUT2D eigenvalue weighted by molar-refractivity contribution is 7.80. The summed E-state index contributed by atoms with van der Waals surface area (Å²) in [5.74, 6) is -4.86. The van der Waals surface area contributed by atoms with E-state index in [1.165, 1.54) is 0 Å². The van der Waals surface area contributed by atoms with Crippen molar-refractivity contribution >= 4 is 42.3 Å². The first-order chi connectivity index (χ1) is 14.7. The van der Waals surface area contributed by atoms with Crippen molar-refractivity contribution in [3.05, 3.63) is 0 Å². The maximum absolute atomic E-state index is 12.6. The first-order valence-electron chi connectivity index (χ1n) is 10.1. The number of carbonyl (C=O) groups excluding carboxylic acids is 3. The van der Waals surface area contributed by atoms with Gasteiger partial charge in [0.05, 0.1) is 12.5 Å². The van der Waals surface area contributed by atoms with Crippen molar-refractivity contribution in [1.29, 1.82) is 0 Å². The molecule has 0 saturated carbocycles. The SMILES string of the molecule is NCCCCC(NC(=O)C(CC(=O)O)NC(=O)C(CS)NC(=O)C1CCCN1)C(=O)O. The molecule has 3 amide bonds. The van der Waals surface area contributed by atoms with Gasteiger partial charge in [-0.3, -0.25) is 19.2 Å². The minimum atomic E-state index is -1.52. The van der Waals surface area contributed by atoms with Gasteiger partial charge in [-0.2, -0.15) is 12.6 Å². The number of carboxylic acids is 2. The molecule has 0 aliphatic carbocycles. The summed E-state index contributed by atoms with van der Waals surface area (Å²) < 4.78 is 0. The minimum absolute atomic E-state index is 0.0808. The molecular weight excluding hydrogens is 430 g/mol. The number of carboxylic acid groups (broad SMARTS) is 2. The lowest BCUT2D eigenvalue weighted by Gasteiger charge is -2.23. The minimum Gasteiger partial charge on any atom is -0.481 e. The van der Waals surface area contributed by atoms with Gasteiger partial charge in [-0.1, -0.05) is 0 Å². The van der Waals surface area contributed by atoms with E-state index in [-0.39, 0.29) is 12.2 Å². The number of nitrogens with two attached hydrogens (primary N) is 1. The highest BCUT2D eigenvalue weighted by Gasteiger charge is 2.31. The summed E-state index contributed by atoms with van der Waals surface area (Å²) in [6, 6.07) is -4.30. The number of amides is 3. The number of unbranched alkanes of at least 4 members (excludes halogenated alkanes) is 1. The van der Waals surface area contributed by atoms with Crippen LogP contribution in [0.25, 0.3) is 0 Å². The molecular formula is C18H31N5O7S. The molecule has 1 saturated heterocycles. The molecule has 1 aliphatic heterocycles. The molecule has 0 spiro atoms. The van der Waals surface area contributed by atoms with Gasteiger partial charge < -0.3 is 37.2 Å². The van der Waals surface area contributed by atoms with Gasteiger partial charge >= 0.3 is 11.9 Å². The second-order valence-corrected chi connectivity index (χ2v) is 7.60. The number of rotatable bonds is 14. The molecule has 1 fully saturated rings. The van der Waals surface area contributed by atoms with Crippen LogP contribution in [0.2, 0.25) is 0 Å². The number of carbonyl (C=O) groups is 5. The summed E-state index contributed by atoms with van der Waals surface area (Å²) >= 11 is 4.05. The quantitative estimate of drug-likeness (QED) is 0.104. The Labute approximate surface area is 185 Å². The van der Waals surface area contributed by atoms with Crippen molar-refractivity contribution < 1.29 is 34.2 Å². The van der Waals surface area contributed by atoms with Gasteiger partial charge in [-0.05, 0) is 45.2 Å². The third kappa shape index (κ3) is 9.53. The van der Waals surface area contributed by atoms with Crippen LogP contribution >= 0.6 is 12.6 Å². The van der Waals surface area contributed by atoms with Gasteiger partial charge in [-0.25, -0.2) is 4.79 Å². The lowest BCUT2D eigenvalue weighted by molar-refractivity contribution is -0.143. The van der Waals surface area contributed by atoms with Crippen molar-refractivity contribution in [2.45, 2.75) is 62.7 Å². The van der Waals surface area contributed by atoms with Crippen LogP contribution < -0.4 is 27.0 Å². The molecule has 1 aliphatic rings. The average molecular weight is 462 g/mol. The standard InChI is InChI=1S/C18H31N5O7S/c19-6-2-1-4-11(18(29)30)21-16(27)12(8-14(24)25)22-17(28)13(9-31)23-15(26)10-5-3-7-20-10/h10-13,20,31H,1-9,19H2,(H,21,27)(H,22,28)(H,23,26)(H,24,25)(H,29,30). The van der Waals surface area contributed by atoms with Crippen LogP contribution in [-0.2, 0) is 24.0 Å². The van der Waals surface area contributed by atoms with E-state index in [1.54, 1.807) is 0 Å². The lowest BCUT2D eigenvalue weighted by atomic mass is 10.1. The monoisotopic (exact) mass is 461 g/mol. The van der Waals surface area contributed by atoms with E-state index in [4.69, 9.17) is 10.8 Å². The molecule has 176 valence electrons. The summed E-state index contributed by atoms with van der Waals surface area (Å²) in [6.45, 7) is 1.05. The van der Waals surface area contributed by atoms with Crippen molar-refractivity contribution in [1.82, 2.24) is 21.3 Å². The first-order valence-corrected chi connectivity index (χ1v) is 10.7. The third-order valence-corrected chi connectivity index (χ3v) is 5.13. The number of nitrogens with one attached hydrogen (secondary N) is 4. The van der Waals surface area contributed by atoms with E-state index in [0.29, 0.717) is 32.4 Å². The van der Waals surface area contributed by atoms with Crippen LogP contribution in [0, 0.1) is 0 Å². The van der Waals surface area contributed by atoms with Gasteiger partial charge in [0, 0.05) is 5.75 Å². The van der Waals surface area contributed by atoms with Gasteiger partial charge in [-0.15, -0.1) is 0 Å². The first kappa shape index (κ1) is 26.7. The van der Waals surface area contributed by atoms with Crippen molar-refractivity contribution in [2.75, 3.05) is 18.8 Å². The fourth-order valence-corrected chi connectivity index (χ4v) is 3.31. The molecule has 0 radical (unpaired) electrons. The summed E-state index contributed by atoms with van der Waals surface area (Å²) in [6.07, 6.45) is 1.81. The largest absolute Gasteiger partial charge is 0.481 e. The molecule has 0 aromatic carbocycles. The second kappa shape index (κ2) is 13.8. The molecule has 8 N–H and O–H groups in total. The maximum Gasteiger partial charge on any atom is 0.326 e. The molecule has 0 aromatic rings. The summed E-state index contributed by atoms with van der Waals surface area (Å²) in [4.78, 5) is 59.8. The zero-order chi connectivity index (χ0) is 23.4. The zero-order valence-electron chi connectivity index (χ0n) is 17.1. The summed E-state index contributed by atoms with van der Waals surface area (Å²) in [5, 5.41) is 28.4. The number of hydrogen-bond donors (Lipinski definition) is 8. The van der Waals surface area contributed by atoms with E-state index < -0.39 is 60.2 Å². The Morgan fingerprint density at radius 3 is 2.16 bits per heavy atom. The van der Waals surface area contributed by atoms with Gasteiger partial charge in [0.1, 0.15) is 18.1 Å². The molecule has 1 rings (SSSR count). The Morgan fingerprint density at radius 2 is 1.65 bits per heavy atom. The number of hydrogen-bond acceptors (Lipinski definition) is 8. The average Bonchev–Trinajstić information content (AvgIpc) is 3.25. The molecule has 0 aromatic heterocycles. The Balaban J connectivity index is 2.77. The van der Waals surface area contributed by atoms with E-state index in [1.807, 2.05) is 0 Å². The molecule has 4 atom stereocenters. The fourth-order valence-electron chi connectivity index (χ4n) is 3.05. The Hall–Kier alpha value is -2.38. The maximum atomic E-state index is 12.6. The van der Waals surface area contributed by atoms with Crippen LogP contribution in [0.4, 0.5) is 0 Å². The van der Waals surface area contributed by atoms with Gasteiger partial charge in [0.25, 0.3) is 0 Å². The molecule has 1 heterocycles. The van der Waals surface area contributed by atoms with Gasteiger partial charge in [0.2, 0.25) is 17.7 Å². The smallest absolute Gasteiger partial charge is 0.326 e. The molecule has 31 heavy (non-hydrogen) atoms. The van der Waals surface area contributed by atoms with Crippen molar-refractivity contribution in [2.24, 2.45) is 5.73 Å². The highest BCUT2D eigenvalue weighted by atomic mass is 32.1. The summed E-state index contributed by atoms with van der Waals surface area (Å²) in [5.41, 5.74) is 5.38. The zero-order valence-corrected chi connectivity index (χ0v) is 18.0. The Bertz CT molecular complexity index is 657. The van der Waals surface area contributed by atoms with Crippen LogP contribution in [0.15, 0.2) is 0 Å². The molecule has 0 bridgehead atoms. The predicted octanol–water partition coefficient (Wildman–Crippen LogP) is -2.19. The van der Waals surface area contributed by atoms with Crippen LogP contribution in [0.3, 0.4) is 0 Å². The Kier molecular flexibility index (Phi) is 11.9. The molecule has 13 heteroatoms. The normalized spacial score (nSPS) is 18.5.